The highest BCUT2D eigenvalue weighted by atomic mass is 16.5. The zero-order valence-corrected chi connectivity index (χ0v) is 13.5. The number of carbonyl (C=O) groups excluding carboxylic acids is 2. The van der Waals surface area contributed by atoms with Crippen LogP contribution in [0, 0.1) is 0 Å². The highest BCUT2D eigenvalue weighted by Crippen LogP contribution is 2.05. The molecule has 1 aromatic rings. The maximum atomic E-state index is 12.3. The molecule has 128 valence electrons. The van der Waals surface area contributed by atoms with E-state index >= 15 is 0 Å². The van der Waals surface area contributed by atoms with Gasteiger partial charge in [-0.05, 0) is 19.2 Å². The fourth-order valence-corrected chi connectivity index (χ4v) is 2.55. The molecule has 1 saturated heterocycles. The molecule has 0 aromatic carbocycles. The summed E-state index contributed by atoms with van der Waals surface area (Å²) >= 11 is 0. The van der Waals surface area contributed by atoms with Crippen LogP contribution in [0.25, 0.3) is 0 Å². The van der Waals surface area contributed by atoms with E-state index in [1.54, 1.807) is 0 Å². The molecule has 1 atom stereocenters. The van der Waals surface area contributed by atoms with Crippen molar-refractivity contribution >= 4 is 11.9 Å². The number of hydrogen-bond donors (Lipinski definition) is 2. The molecule has 23 heavy (non-hydrogen) atoms. The summed E-state index contributed by atoms with van der Waals surface area (Å²) in [7, 11) is 2.01. The Bertz CT molecular complexity index is 505. The predicted molar refractivity (Wildman–Crippen MR) is 85.8 cm³/mol. The van der Waals surface area contributed by atoms with E-state index in [-0.39, 0.29) is 18.7 Å². The van der Waals surface area contributed by atoms with Crippen LogP contribution in [-0.4, -0.2) is 78.8 Å². The first kappa shape index (κ1) is 17.3. The van der Waals surface area contributed by atoms with Crippen molar-refractivity contribution in [3.05, 3.63) is 24.5 Å². The number of nitrogens with one attached hydrogen (secondary N) is 1. The molecule has 3 N–H and O–H groups in total. The van der Waals surface area contributed by atoms with E-state index < -0.39 is 5.91 Å². The highest BCUT2D eigenvalue weighted by molar-refractivity contribution is 5.82. The van der Waals surface area contributed by atoms with Crippen LogP contribution >= 0.6 is 0 Å². The third-order valence-electron chi connectivity index (χ3n) is 3.71. The zero-order chi connectivity index (χ0) is 16.7. The number of aromatic nitrogens is 1. The molecule has 0 bridgehead atoms. The number of nitrogens with two attached hydrogens (primary N) is 1. The van der Waals surface area contributed by atoms with Crippen molar-refractivity contribution in [3.63, 3.8) is 0 Å². The van der Waals surface area contributed by atoms with Gasteiger partial charge in [-0.1, -0.05) is 0 Å². The van der Waals surface area contributed by atoms with E-state index in [0.29, 0.717) is 26.2 Å². The average molecular weight is 323 g/mol. The van der Waals surface area contributed by atoms with Crippen LogP contribution in [0.2, 0.25) is 0 Å². The van der Waals surface area contributed by atoms with Crippen LogP contribution in [0.5, 0.6) is 0 Å². The van der Waals surface area contributed by atoms with Crippen molar-refractivity contribution in [3.8, 4) is 0 Å². The molecule has 0 radical (unpaired) electrons. The number of hydrogen-bond acceptors (Lipinski definition) is 4. The second-order valence-electron chi connectivity index (χ2n) is 5.75. The SMILES string of the molecule is CN1CCO[C@@H](CN(CC(N)=O)C(=O)NCCn2cccc2)C1. The predicted octanol–water partition coefficient (Wildman–Crippen LogP) is -0.684. The number of nitrogens with zero attached hydrogens (tertiary/aromatic N) is 3. The lowest BCUT2D eigenvalue weighted by Crippen LogP contribution is -2.52. The van der Waals surface area contributed by atoms with Crippen molar-refractivity contribution in [1.82, 2.24) is 19.7 Å². The molecule has 0 aliphatic carbocycles. The van der Waals surface area contributed by atoms with Crippen LogP contribution in [0.3, 0.4) is 0 Å². The molecule has 3 amide bonds. The maximum Gasteiger partial charge on any atom is 0.318 e. The molecule has 1 aliphatic rings. The fourth-order valence-electron chi connectivity index (χ4n) is 2.55. The number of amides is 3. The summed E-state index contributed by atoms with van der Waals surface area (Å²) in [4.78, 5) is 27.1. The van der Waals surface area contributed by atoms with E-state index in [2.05, 4.69) is 10.2 Å². The van der Waals surface area contributed by atoms with Crippen LogP contribution in [0.4, 0.5) is 4.79 Å². The summed E-state index contributed by atoms with van der Waals surface area (Å²) in [5.74, 6) is -0.533. The van der Waals surface area contributed by atoms with Gasteiger partial charge in [-0.2, -0.15) is 0 Å². The second-order valence-corrected chi connectivity index (χ2v) is 5.75. The number of ether oxygens (including phenoxy) is 1. The van der Waals surface area contributed by atoms with Gasteiger partial charge in [-0.15, -0.1) is 0 Å². The summed E-state index contributed by atoms with van der Waals surface area (Å²) < 4.78 is 7.62. The minimum Gasteiger partial charge on any atom is -0.374 e. The van der Waals surface area contributed by atoms with Gasteiger partial charge in [-0.3, -0.25) is 4.79 Å². The summed E-state index contributed by atoms with van der Waals surface area (Å²) in [6.07, 6.45) is 3.75. The number of rotatable bonds is 7. The van der Waals surface area contributed by atoms with Crippen molar-refractivity contribution in [2.75, 3.05) is 46.4 Å². The molecular formula is C15H25N5O3. The largest absolute Gasteiger partial charge is 0.374 e. The lowest BCUT2D eigenvalue weighted by atomic mass is 10.2. The third-order valence-corrected chi connectivity index (χ3v) is 3.71. The number of carbonyl (C=O) groups is 2. The van der Waals surface area contributed by atoms with Crippen LogP contribution in [0.1, 0.15) is 0 Å². The highest BCUT2D eigenvalue weighted by Gasteiger charge is 2.24. The quantitative estimate of drug-likeness (QED) is 0.695. The van der Waals surface area contributed by atoms with Gasteiger partial charge in [0.1, 0.15) is 6.54 Å². The Morgan fingerprint density at radius 3 is 2.78 bits per heavy atom. The van der Waals surface area contributed by atoms with Crippen molar-refractivity contribution in [2.45, 2.75) is 12.6 Å². The first-order chi connectivity index (χ1) is 11.0. The lowest BCUT2D eigenvalue weighted by molar-refractivity contribution is -0.119. The Balaban J connectivity index is 1.83. The van der Waals surface area contributed by atoms with E-state index in [9.17, 15) is 9.59 Å². The Hall–Kier alpha value is -2.06. The van der Waals surface area contributed by atoms with Gasteiger partial charge in [0, 0.05) is 38.6 Å². The summed E-state index contributed by atoms with van der Waals surface area (Å²) in [6, 6.07) is 3.56. The Morgan fingerprint density at radius 1 is 1.39 bits per heavy atom. The molecule has 8 nitrogen and oxygen atoms in total. The maximum absolute atomic E-state index is 12.3. The molecule has 2 heterocycles. The van der Waals surface area contributed by atoms with E-state index in [1.807, 2.05) is 36.1 Å². The Kier molecular flexibility index (Phi) is 6.42. The molecule has 8 heteroatoms. The number of primary amides is 1. The molecule has 1 aromatic heterocycles. The van der Waals surface area contributed by atoms with Gasteiger partial charge in [0.15, 0.2) is 0 Å². The van der Waals surface area contributed by atoms with Crippen LogP contribution in [0.15, 0.2) is 24.5 Å². The second kappa shape index (κ2) is 8.54. The monoisotopic (exact) mass is 323 g/mol. The molecule has 1 fully saturated rings. The van der Waals surface area contributed by atoms with Gasteiger partial charge in [0.25, 0.3) is 0 Å². The summed E-state index contributed by atoms with van der Waals surface area (Å²) in [5.41, 5.74) is 5.25. The van der Waals surface area contributed by atoms with E-state index in [0.717, 1.165) is 13.1 Å². The zero-order valence-electron chi connectivity index (χ0n) is 13.5. The van der Waals surface area contributed by atoms with Crippen molar-refractivity contribution in [2.24, 2.45) is 5.73 Å². The number of urea groups is 1. The van der Waals surface area contributed by atoms with Gasteiger partial charge in [0.05, 0.1) is 19.3 Å². The van der Waals surface area contributed by atoms with Crippen molar-refractivity contribution in [1.29, 1.82) is 0 Å². The fraction of sp³-hybridized carbons (Fsp3) is 0.600. The van der Waals surface area contributed by atoms with Gasteiger partial charge >= 0.3 is 6.03 Å². The Morgan fingerprint density at radius 2 is 2.13 bits per heavy atom. The average Bonchev–Trinajstić information content (AvgIpc) is 2.99. The minimum absolute atomic E-state index is 0.108. The van der Waals surface area contributed by atoms with Crippen LogP contribution < -0.4 is 11.1 Å². The standard InChI is InChI=1S/C15H25N5O3/c1-18-8-9-23-13(10-18)11-20(12-14(16)21)15(22)17-4-7-19-5-2-3-6-19/h2-3,5-6,13H,4,7-12H2,1H3,(H2,16,21)(H,17,22)/t13-/m1/s1. The normalized spacial score (nSPS) is 18.6. The minimum atomic E-state index is -0.533. The molecule has 0 unspecified atom stereocenters. The lowest BCUT2D eigenvalue weighted by Gasteiger charge is -2.33. The number of morpholine rings is 1. The topological polar surface area (TPSA) is 92.8 Å². The van der Waals surface area contributed by atoms with Gasteiger partial charge in [-0.25, -0.2) is 4.79 Å². The van der Waals surface area contributed by atoms with Crippen molar-refractivity contribution < 1.29 is 14.3 Å². The van der Waals surface area contributed by atoms with E-state index in [1.165, 1.54) is 4.90 Å². The van der Waals surface area contributed by atoms with Gasteiger partial charge < -0.3 is 30.2 Å². The first-order valence-corrected chi connectivity index (χ1v) is 7.76. The molecule has 0 spiro atoms. The summed E-state index contributed by atoms with van der Waals surface area (Å²) in [6.45, 7) is 3.61. The molecule has 1 aliphatic heterocycles. The van der Waals surface area contributed by atoms with Gasteiger partial charge in [0.2, 0.25) is 5.91 Å². The molecule has 2 rings (SSSR count). The summed E-state index contributed by atoms with van der Waals surface area (Å²) in [5, 5.41) is 2.82. The smallest absolute Gasteiger partial charge is 0.318 e. The first-order valence-electron chi connectivity index (χ1n) is 7.76. The molecular weight excluding hydrogens is 298 g/mol. The third kappa shape index (κ3) is 5.91. The van der Waals surface area contributed by atoms with E-state index in [4.69, 9.17) is 10.5 Å². The van der Waals surface area contributed by atoms with Crippen LogP contribution in [-0.2, 0) is 16.1 Å². The number of likely N-dealkylation sites (N-methyl/N-ethyl adjacent to an activating group) is 1. The molecule has 0 saturated carbocycles. The Labute approximate surface area is 136 Å².